The van der Waals surface area contributed by atoms with E-state index in [1.54, 1.807) is 23.5 Å². The van der Waals surface area contributed by atoms with E-state index in [0.29, 0.717) is 17.4 Å². The van der Waals surface area contributed by atoms with Crippen LogP contribution in [0.1, 0.15) is 30.3 Å². The van der Waals surface area contributed by atoms with Crippen LogP contribution in [0.5, 0.6) is 0 Å². The minimum absolute atomic E-state index is 0.00192. The Morgan fingerprint density at radius 3 is 2.72 bits per heavy atom. The molecule has 0 saturated carbocycles. The lowest BCUT2D eigenvalue weighted by atomic mass is 10.0. The monoisotopic (exact) mass is 404 g/mol. The smallest absolute Gasteiger partial charge is 0.261 e. The van der Waals surface area contributed by atoms with Gasteiger partial charge in [-0.05, 0) is 43.5 Å². The number of aromatic nitrogens is 3. The average molecular weight is 404 g/mol. The molecule has 146 valence electrons. The largest absolute Gasteiger partial charge is 0.332 e. The first kappa shape index (κ1) is 18.0. The summed E-state index contributed by atoms with van der Waals surface area (Å²) in [6, 6.07) is 15.2. The molecule has 0 aliphatic carbocycles. The van der Waals surface area contributed by atoms with Gasteiger partial charge in [0.15, 0.2) is 0 Å². The summed E-state index contributed by atoms with van der Waals surface area (Å²) in [6.45, 7) is 0.688. The van der Waals surface area contributed by atoms with E-state index in [0.717, 1.165) is 34.5 Å². The third-order valence-electron chi connectivity index (χ3n) is 5.46. The molecule has 1 atom stereocenters. The van der Waals surface area contributed by atoms with E-state index in [1.165, 1.54) is 10.9 Å². The molecule has 5 rings (SSSR count). The topological polar surface area (TPSA) is 68.1 Å². The number of fused-ring (bicyclic) bond motifs is 2. The third-order valence-corrected chi connectivity index (χ3v) is 6.59. The van der Waals surface area contributed by atoms with Crippen molar-refractivity contribution in [1.82, 2.24) is 19.4 Å². The number of benzene rings is 2. The van der Waals surface area contributed by atoms with Crippen LogP contribution in [0.4, 0.5) is 0 Å². The number of rotatable bonds is 3. The first-order valence-electron chi connectivity index (χ1n) is 9.80. The second-order valence-corrected chi connectivity index (χ2v) is 8.38. The zero-order chi connectivity index (χ0) is 19.8. The molecule has 4 aromatic rings. The van der Waals surface area contributed by atoms with Crippen molar-refractivity contribution in [3.8, 4) is 0 Å². The number of hydrogen-bond donors (Lipinski definition) is 0. The van der Waals surface area contributed by atoms with E-state index in [-0.39, 0.29) is 24.1 Å². The molecule has 0 bridgehead atoms. The second kappa shape index (κ2) is 7.40. The van der Waals surface area contributed by atoms with Gasteiger partial charge in [0.25, 0.3) is 5.56 Å². The molecule has 1 unspecified atom stereocenters. The van der Waals surface area contributed by atoms with Crippen molar-refractivity contribution in [3.05, 3.63) is 70.2 Å². The highest BCUT2D eigenvalue weighted by atomic mass is 32.1. The van der Waals surface area contributed by atoms with Crippen molar-refractivity contribution in [2.24, 2.45) is 0 Å². The quantitative estimate of drug-likeness (QED) is 0.521. The number of para-hydroxylation sites is 2. The maximum Gasteiger partial charge on any atom is 0.261 e. The predicted molar refractivity (Wildman–Crippen MR) is 114 cm³/mol. The van der Waals surface area contributed by atoms with E-state index < -0.39 is 0 Å². The van der Waals surface area contributed by atoms with E-state index in [4.69, 9.17) is 4.98 Å². The Balaban J connectivity index is 1.44. The highest BCUT2D eigenvalue weighted by Gasteiger charge is 2.30. The van der Waals surface area contributed by atoms with Crippen LogP contribution in [0, 0.1) is 0 Å². The Morgan fingerprint density at radius 2 is 1.86 bits per heavy atom. The molecule has 6 nitrogen and oxygen atoms in total. The number of hydrogen-bond acceptors (Lipinski definition) is 5. The molecular weight excluding hydrogens is 384 g/mol. The highest BCUT2D eigenvalue weighted by molar-refractivity contribution is 7.18. The summed E-state index contributed by atoms with van der Waals surface area (Å²) >= 11 is 1.65. The third kappa shape index (κ3) is 3.31. The maximum atomic E-state index is 13.2. The Bertz CT molecular complexity index is 1230. The van der Waals surface area contributed by atoms with Gasteiger partial charge in [0.05, 0.1) is 33.5 Å². The zero-order valence-electron chi connectivity index (χ0n) is 15.8. The Morgan fingerprint density at radius 1 is 1.07 bits per heavy atom. The van der Waals surface area contributed by atoms with Crippen LogP contribution < -0.4 is 5.56 Å². The lowest BCUT2D eigenvalue weighted by Gasteiger charge is -2.34. The molecule has 0 N–H and O–H groups in total. The van der Waals surface area contributed by atoms with E-state index in [9.17, 15) is 9.59 Å². The number of thiazole rings is 1. The lowest BCUT2D eigenvalue weighted by Crippen LogP contribution is -2.41. The van der Waals surface area contributed by atoms with Gasteiger partial charge in [-0.25, -0.2) is 9.97 Å². The van der Waals surface area contributed by atoms with Gasteiger partial charge < -0.3 is 4.90 Å². The second-order valence-electron chi connectivity index (χ2n) is 7.31. The number of carbonyl (C=O) groups is 1. The fourth-order valence-corrected chi connectivity index (χ4v) is 5.09. The van der Waals surface area contributed by atoms with Crippen LogP contribution in [0.15, 0.2) is 59.7 Å². The molecule has 0 spiro atoms. The summed E-state index contributed by atoms with van der Waals surface area (Å²) in [5.74, 6) is -0.0619. The van der Waals surface area contributed by atoms with Gasteiger partial charge in [-0.1, -0.05) is 24.3 Å². The van der Waals surface area contributed by atoms with Crippen molar-refractivity contribution in [2.45, 2.75) is 31.8 Å². The van der Waals surface area contributed by atoms with E-state index in [1.807, 2.05) is 35.2 Å². The van der Waals surface area contributed by atoms with Gasteiger partial charge >= 0.3 is 0 Å². The maximum absolute atomic E-state index is 13.2. The van der Waals surface area contributed by atoms with Crippen molar-refractivity contribution in [2.75, 3.05) is 6.54 Å². The summed E-state index contributed by atoms with van der Waals surface area (Å²) in [5, 5.41) is 1.51. The van der Waals surface area contributed by atoms with Gasteiger partial charge in [0, 0.05) is 6.54 Å². The van der Waals surface area contributed by atoms with Crippen molar-refractivity contribution < 1.29 is 4.79 Å². The molecule has 1 aliphatic heterocycles. The summed E-state index contributed by atoms with van der Waals surface area (Å²) in [6.07, 6.45) is 4.41. The molecule has 2 aromatic heterocycles. The summed E-state index contributed by atoms with van der Waals surface area (Å²) in [4.78, 5) is 36.9. The number of carbonyl (C=O) groups excluding carboxylic acids is 1. The van der Waals surface area contributed by atoms with Crippen molar-refractivity contribution in [1.29, 1.82) is 0 Å². The van der Waals surface area contributed by atoms with Crippen molar-refractivity contribution in [3.63, 3.8) is 0 Å². The van der Waals surface area contributed by atoms with Gasteiger partial charge in [-0.3, -0.25) is 14.2 Å². The molecule has 1 amide bonds. The molecule has 3 heterocycles. The molecule has 1 aliphatic rings. The molecule has 1 saturated heterocycles. The van der Waals surface area contributed by atoms with Gasteiger partial charge in [0.2, 0.25) is 5.91 Å². The minimum Gasteiger partial charge on any atom is -0.332 e. The summed E-state index contributed by atoms with van der Waals surface area (Å²) in [5.41, 5.74) is 1.43. The molecule has 7 heteroatoms. The standard InChI is InChI=1S/C22H20N4O2S/c27-20(13-25-14-23-16-8-2-1-7-15(16)22(25)28)26-12-6-5-10-18(26)21-24-17-9-3-4-11-19(17)29-21/h1-4,7-9,11,14,18H,5-6,10,12-13H2. The molecule has 0 radical (unpaired) electrons. The normalized spacial score (nSPS) is 17.1. The molecule has 29 heavy (non-hydrogen) atoms. The molecule has 1 fully saturated rings. The van der Waals surface area contributed by atoms with Gasteiger partial charge in [-0.2, -0.15) is 0 Å². The average Bonchev–Trinajstić information content (AvgIpc) is 3.20. The first-order valence-corrected chi connectivity index (χ1v) is 10.6. The Hall–Kier alpha value is -3.06. The molecular formula is C22H20N4O2S. The first-order chi connectivity index (χ1) is 14.2. The highest BCUT2D eigenvalue weighted by Crippen LogP contribution is 2.35. The van der Waals surface area contributed by atoms with Gasteiger partial charge in [0.1, 0.15) is 11.6 Å². The van der Waals surface area contributed by atoms with Crippen LogP contribution in [-0.4, -0.2) is 31.9 Å². The van der Waals surface area contributed by atoms with Crippen LogP contribution in [0.25, 0.3) is 21.1 Å². The number of piperidine rings is 1. The lowest BCUT2D eigenvalue weighted by molar-refractivity contribution is -0.135. The van der Waals surface area contributed by atoms with Crippen LogP contribution in [0.3, 0.4) is 0 Å². The van der Waals surface area contributed by atoms with Gasteiger partial charge in [-0.15, -0.1) is 11.3 Å². The van der Waals surface area contributed by atoms with Crippen LogP contribution >= 0.6 is 11.3 Å². The fraction of sp³-hybridized carbons (Fsp3) is 0.273. The number of likely N-dealkylation sites (tertiary alicyclic amines) is 1. The summed E-state index contributed by atoms with van der Waals surface area (Å²) in [7, 11) is 0. The predicted octanol–water partition coefficient (Wildman–Crippen LogP) is 3.76. The van der Waals surface area contributed by atoms with Crippen molar-refractivity contribution >= 4 is 38.4 Å². The minimum atomic E-state index is -0.183. The summed E-state index contributed by atoms with van der Waals surface area (Å²) < 4.78 is 2.55. The fourth-order valence-electron chi connectivity index (χ4n) is 3.97. The zero-order valence-corrected chi connectivity index (χ0v) is 16.6. The number of nitrogens with zero attached hydrogens (tertiary/aromatic N) is 4. The molecule has 2 aromatic carbocycles. The Labute approximate surface area is 171 Å². The van der Waals surface area contributed by atoms with Crippen LogP contribution in [-0.2, 0) is 11.3 Å². The van der Waals surface area contributed by atoms with Crippen LogP contribution in [0.2, 0.25) is 0 Å². The van der Waals surface area contributed by atoms with E-state index >= 15 is 0 Å². The number of amides is 1. The Kier molecular flexibility index (Phi) is 4.60. The van der Waals surface area contributed by atoms with E-state index in [2.05, 4.69) is 11.1 Å². The SMILES string of the molecule is O=C(Cn1cnc2ccccc2c1=O)N1CCCCC1c1nc2ccccc2s1.